The van der Waals surface area contributed by atoms with Gasteiger partial charge in [-0.1, -0.05) is 19.8 Å². The average molecular weight is 187 g/mol. The van der Waals surface area contributed by atoms with Gasteiger partial charge in [-0.25, -0.2) is 0 Å². The first-order chi connectivity index (χ1) is 6.13. The summed E-state index contributed by atoms with van der Waals surface area (Å²) in [5.41, 5.74) is 0. The largest absolute Gasteiger partial charge is 0.468 e. The number of hydrogen-bond acceptors (Lipinski definition) is 3. The van der Waals surface area contributed by atoms with Gasteiger partial charge in [0.1, 0.15) is 6.04 Å². The van der Waals surface area contributed by atoms with Gasteiger partial charge in [0.25, 0.3) is 0 Å². The number of hydrogen-bond donors (Lipinski definition) is 0. The summed E-state index contributed by atoms with van der Waals surface area (Å²) in [6, 6.07) is -0.123. The van der Waals surface area contributed by atoms with Gasteiger partial charge in [-0.15, -0.1) is 0 Å². The lowest BCUT2D eigenvalue weighted by atomic mass is 10.2. The third-order valence-corrected chi connectivity index (χ3v) is 2.32. The van der Waals surface area contributed by atoms with Crippen LogP contribution in [-0.2, 0) is 9.53 Å². The predicted molar refractivity (Wildman–Crippen MR) is 53.6 cm³/mol. The Hall–Kier alpha value is -0.570. The Labute approximate surface area is 81.1 Å². The fourth-order valence-corrected chi connectivity index (χ4v) is 1.16. The zero-order valence-corrected chi connectivity index (χ0v) is 9.17. The Balaban J connectivity index is 3.68. The van der Waals surface area contributed by atoms with Gasteiger partial charge in [-0.3, -0.25) is 9.69 Å². The SMILES string of the molecule is CCCCCN(C)[C@@H](C)C(=O)OC. The number of nitrogens with zero attached hydrogens (tertiary/aromatic N) is 1. The highest BCUT2D eigenvalue weighted by atomic mass is 16.5. The van der Waals surface area contributed by atoms with Gasteiger partial charge in [0, 0.05) is 0 Å². The molecular weight excluding hydrogens is 166 g/mol. The number of esters is 1. The molecule has 0 N–H and O–H groups in total. The molecule has 0 unspecified atom stereocenters. The summed E-state index contributed by atoms with van der Waals surface area (Å²) in [5, 5.41) is 0. The fraction of sp³-hybridized carbons (Fsp3) is 0.900. The van der Waals surface area contributed by atoms with Crippen LogP contribution in [-0.4, -0.2) is 37.6 Å². The summed E-state index contributed by atoms with van der Waals surface area (Å²) < 4.78 is 4.66. The monoisotopic (exact) mass is 187 g/mol. The second kappa shape index (κ2) is 6.89. The summed E-state index contributed by atoms with van der Waals surface area (Å²) in [6.45, 7) is 5.01. The summed E-state index contributed by atoms with van der Waals surface area (Å²) in [4.78, 5) is 13.2. The number of carbonyl (C=O) groups excluding carboxylic acids is 1. The van der Waals surface area contributed by atoms with Crippen molar-refractivity contribution >= 4 is 5.97 Å². The summed E-state index contributed by atoms with van der Waals surface area (Å²) in [7, 11) is 3.38. The second-order valence-corrected chi connectivity index (χ2v) is 3.39. The van der Waals surface area contributed by atoms with Crippen molar-refractivity contribution in [1.82, 2.24) is 4.90 Å². The first kappa shape index (κ1) is 12.4. The molecule has 0 radical (unpaired) electrons. The maximum Gasteiger partial charge on any atom is 0.322 e. The van der Waals surface area contributed by atoms with Crippen molar-refractivity contribution in [1.29, 1.82) is 0 Å². The van der Waals surface area contributed by atoms with Crippen molar-refractivity contribution < 1.29 is 9.53 Å². The maximum absolute atomic E-state index is 11.1. The molecule has 78 valence electrons. The van der Waals surface area contributed by atoms with E-state index in [0.29, 0.717) is 0 Å². The summed E-state index contributed by atoms with van der Waals surface area (Å²) in [5.74, 6) is -0.154. The molecule has 3 heteroatoms. The molecule has 3 nitrogen and oxygen atoms in total. The lowest BCUT2D eigenvalue weighted by Crippen LogP contribution is -2.37. The van der Waals surface area contributed by atoms with Crippen molar-refractivity contribution in [3.05, 3.63) is 0 Å². The number of carbonyl (C=O) groups is 1. The molecule has 0 aromatic heterocycles. The topological polar surface area (TPSA) is 29.5 Å². The van der Waals surface area contributed by atoms with E-state index in [-0.39, 0.29) is 12.0 Å². The number of ether oxygens (including phenoxy) is 1. The maximum atomic E-state index is 11.1. The van der Waals surface area contributed by atoms with Crippen LogP contribution in [0.25, 0.3) is 0 Å². The highest BCUT2D eigenvalue weighted by molar-refractivity contribution is 5.75. The van der Waals surface area contributed by atoms with E-state index in [1.807, 2.05) is 18.9 Å². The molecule has 13 heavy (non-hydrogen) atoms. The minimum atomic E-state index is -0.154. The first-order valence-corrected chi connectivity index (χ1v) is 4.91. The molecule has 0 saturated heterocycles. The number of rotatable bonds is 6. The number of likely N-dealkylation sites (N-methyl/N-ethyl adjacent to an activating group) is 1. The van der Waals surface area contributed by atoms with Gasteiger partial charge in [-0.2, -0.15) is 0 Å². The molecule has 0 spiro atoms. The Kier molecular flexibility index (Phi) is 6.59. The van der Waals surface area contributed by atoms with Crippen LogP contribution in [0.15, 0.2) is 0 Å². The van der Waals surface area contributed by atoms with E-state index in [2.05, 4.69) is 11.7 Å². The number of unbranched alkanes of at least 4 members (excludes halogenated alkanes) is 2. The zero-order valence-electron chi connectivity index (χ0n) is 9.17. The van der Waals surface area contributed by atoms with Crippen LogP contribution in [0.2, 0.25) is 0 Å². The molecular formula is C10H21NO2. The molecule has 0 aromatic rings. The molecule has 0 bridgehead atoms. The van der Waals surface area contributed by atoms with Crippen LogP contribution >= 0.6 is 0 Å². The summed E-state index contributed by atoms with van der Waals surface area (Å²) in [6.07, 6.45) is 3.58. The van der Waals surface area contributed by atoms with Crippen molar-refractivity contribution in [2.24, 2.45) is 0 Å². The molecule has 0 aromatic carbocycles. The Morgan fingerprint density at radius 3 is 2.54 bits per heavy atom. The predicted octanol–water partition coefficient (Wildman–Crippen LogP) is 1.67. The van der Waals surface area contributed by atoms with Crippen LogP contribution in [0.3, 0.4) is 0 Å². The van der Waals surface area contributed by atoms with E-state index in [9.17, 15) is 4.79 Å². The third-order valence-electron chi connectivity index (χ3n) is 2.32. The van der Waals surface area contributed by atoms with Gasteiger partial charge in [0.05, 0.1) is 7.11 Å². The Morgan fingerprint density at radius 2 is 2.08 bits per heavy atom. The average Bonchev–Trinajstić information content (AvgIpc) is 2.15. The summed E-state index contributed by atoms with van der Waals surface area (Å²) >= 11 is 0. The van der Waals surface area contributed by atoms with E-state index >= 15 is 0 Å². The number of methoxy groups -OCH3 is 1. The highest BCUT2D eigenvalue weighted by Gasteiger charge is 2.17. The molecule has 0 saturated carbocycles. The van der Waals surface area contributed by atoms with Gasteiger partial charge < -0.3 is 4.74 Å². The second-order valence-electron chi connectivity index (χ2n) is 3.39. The van der Waals surface area contributed by atoms with Crippen LogP contribution in [0.5, 0.6) is 0 Å². The van der Waals surface area contributed by atoms with E-state index in [1.165, 1.54) is 20.0 Å². The first-order valence-electron chi connectivity index (χ1n) is 4.91. The van der Waals surface area contributed by atoms with E-state index in [1.54, 1.807) is 0 Å². The van der Waals surface area contributed by atoms with Crippen LogP contribution < -0.4 is 0 Å². The lowest BCUT2D eigenvalue weighted by molar-refractivity contribution is -0.145. The van der Waals surface area contributed by atoms with Crippen LogP contribution in [0.4, 0.5) is 0 Å². The molecule has 0 fully saturated rings. The molecule has 0 rings (SSSR count). The third kappa shape index (κ3) is 4.88. The van der Waals surface area contributed by atoms with Gasteiger partial charge >= 0.3 is 5.97 Å². The minimum absolute atomic E-state index is 0.123. The molecule has 1 atom stereocenters. The van der Waals surface area contributed by atoms with Crippen molar-refractivity contribution in [2.45, 2.75) is 39.2 Å². The Morgan fingerprint density at radius 1 is 1.46 bits per heavy atom. The zero-order chi connectivity index (χ0) is 10.3. The molecule has 0 aliphatic carbocycles. The van der Waals surface area contributed by atoms with E-state index < -0.39 is 0 Å². The highest BCUT2D eigenvalue weighted by Crippen LogP contribution is 2.02. The molecule has 0 heterocycles. The van der Waals surface area contributed by atoms with Crippen LogP contribution in [0.1, 0.15) is 33.1 Å². The molecule has 0 aliphatic rings. The van der Waals surface area contributed by atoms with E-state index in [0.717, 1.165) is 13.0 Å². The quantitative estimate of drug-likeness (QED) is 0.468. The van der Waals surface area contributed by atoms with Gasteiger partial charge in [0.15, 0.2) is 0 Å². The smallest absolute Gasteiger partial charge is 0.322 e. The van der Waals surface area contributed by atoms with Crippen molar-refractivity contribution in [2.75, 3.05) is 20.7 Å². The van der Waals surface area contributed by atoms with Gasteiger partial charge in [-0.05, 0) is 26.9 Å². The standard InChI is InChI=1S/C10H21NO2/c1-5-6-7-8-11(3)9(2)10(12)13-4/h9H,5-8H2,1-4H3/t9-/m0/s1. The normalized spacial score (nSPS) is 13.0. The molecule has 0 aliphatic heterocycles. The van der Waals surface area contributed by atoms with Crippen LogP contribution in [0, 0.1) is 0 Å². The Bertz CT molecular complexity index is 148. The van der Waals surface area contributed by atoms with Crippen molar-refractivity contribution in [3.63, 3.8) is 0 Å². The van der Waals surface area contributed by atoms with Gasteiger partial charge in [0.2, 0.25) is 0 Å². The van der Waals surface area contributed by atoms with Crippen molar-refractivity contribution in [3.8, 4) is 0 Å². The van der Waals surface area contributed by atoms with E-state index in [4.69, 9.17) is 0 Å². The molecule has 0 amide bonds. The fourth-order valence-electron chi connectivity index (χ4n) is 1.16. The lowest BCUT2D eigenvalue weighted by Gasteiger charge is -2.21. The minimum Gasteiger partial charge on any atom is -0.468 e.